The van der Waals surface area contributed by atoms with Crippen LogP contribution in [-0.4, -0.2) is 54.4 Å². The van der Waals surface area contributed by atoms with E-state index in [2.05, 4.69) is 32.8 Å². The standard InChI is InChI=1S/C11H21BrN2/c1-13-6-4-10(7-13)8-14-5-2-3-11(12)9-14/h10-11H,2-9H2,1H3. The van der Waals surface area contributed by atoms with Crippen LogP contribution in [0.3, 0.4) is 0 Å². The molecule has 0 aromatic rings. The molecule has 2 fully saturated rings. The van der Waals surface area contributed by atoms with E-state index in [4.69, 9.17) is 0 Å². The van der Waals surface area contributed by atoms with Gasteiger partial charge in [0.2, 0.25) is 0 Å². The summed E-state index contributed by atoms with van der Waals surface area (Å²) in [5.74, 6) is 0.929. The molecule has 0 amide bonds. The van der Waals surface area contributed by atoms with E-state index in [0.717, 1.165) is 10.7 Å². The molecule has 3 heteroatoms. The summed E-state index contributed by atoms with van der Waals surface area (Å²) >= 11 is 3.74. The molecule has 0 bridgehead atoms. The number of hydrogen-bond acceptors (Lipinski definition) is 2. The van der Waals surface area contributed by atoms with Crippen LogP contribution >= 0.6 is 15.9 Å². The van der Waals surface area contributed by atoms with Gasteiger partial charge in [-0.05, 0) is 45.3 Å². The molecule has 14 heavy (non-hydrogen) atoms. The van der Waals surface area contributed by atoms with Crippen LogP contribution in [-0.2, 0) is 0 Å². The molecule has 0 aliphatic carbocycles. The van der Waals surface area contributed by atoms with E-state index in [1.807, 2.05) is 0 Å². The van der Waals surface area contributed by atoms with Gasteiger partial charge in [0.25, 0.3) is 0 Å². The Hall–Kier alpha value is 0.400. The highest BCUT2D eigenvalue weighted by atomic mass is 79.9. The van der Waals surface area contributed by atoms with Crippen LogP contribution < -0.4 is 0 Å². The van der Waals surface area contributed by atoms with E-state index in [1.54, 1.807) is 0 Å². The second kappa shape index (κ2) is 4.95. The van der Waals surface area contributed by atoms with Gasteiger partial charge in [-0.3, -0.25) is 0 Å². The zero-order chi connectivity index (χ0) is 9.97. The lowest BCUT2D eigenvalue weighted by Gasteiger charge is -2.31. The Kier molecular flexibility index (Phi) is 3.86. The molecule has 2 aliphatic rings. The molecule has 2 rings (SSSR count). The largest absolute Gasteiger partial charge is 0.306 e. The second-order valence-corrected chi connectivity index (χ2v) is 6.21. The fourth-order valence-corrected chi connectivity index (χ4v) is 3.44. The number of likely N-dealkylation sites (tertiary alicyclic amines) is 2. The van der Waals surface area contributed by atoms with E-state index in [9.17, 15) is 0 Å². The number of nitrogens with zero attached hydrogens (tertiary/aromatic N) is 2. The third-order valence-electron chi connectivity index (χ3n) is 3.45. The van der Waals surface area contributed by atoms with Crippen LogP contribution in [0.15, 0.2) is 0 Å². The minimum atomic E-state index is 0.746. The van der Waals surface area contributed by atoms with Crippen LogP contribution in [0, 0.1) is 5.92 Å². The fourth-order valence-electron chi connectivity index (χ4n) is 2.71. The third kappa shape index (κ3) is 2.94. The molecule has 0 radical (unpaired) electrons. The number of alkyl halides is 1. The smallest absolute Gasteiger partial charge is 0.0273 e. The van der Waals surface area contributed by atoms with E-state index in [0.29, 0.717) is 0 Å². The number of piperidine rings is 1. The lowest BCUT2D eigenvalue weighted by atomic mass is 10.1. The van der Waals surface area contributed by atoms with Gasteiger partial charge in [-0.15, -0.1) is 0 Å². The maximum absolute atomic E-state index is 3.74. The van der Waals surface area contributed by atoms with Gasteiger partial charge in [0, 0.05) is 24.5 Å². The highest BCUT2D eigenvalue weighted by Crippen LogP contribution is 2.21. The van der Waals surface area contributed by atoms with Crippen LogP contribution in [0.2, 0.25) is 0 Å². The predicted octanol–water partition coefficient (Wildman–Crippen LogP) is 1.80. The van der Waals surface area contributed by atoms with E-state index < -0.39 is 0 Å². The van der Waals surface area contributed by atoms with Crippen LogP contribution in [0.4, 0.5) is 0 Å². The Morgan fingerprint density at radius 1 is 1.21 bits per heavy atom. The summed E-state index contributed by atoms with van der Waals surface area (Å²) in [7, 11) is 2.24. The topological polar surface area (TPSA) is 6.48 Å². The molecule has 0 aromatic heterocycles. The minimum absolute atomic E-state index is 0.746. The van der Waals surface area contributed by atoms with Crippen molar-refractivity contribution in [2.45, 2.75) is 24.1 Å². The van der Waals surface area contributed by atoms with Gasteiger partial charge in [-0.2, -0.15) is 0 Å². The van der Waals surface area contributed by atoms with Crippen molar-refractivity contribution in [2.24, 2.45) is 5.92 Å². The number of rotatable bonds is 2. The summed E-state index contributed by atoms with van der Waals surface area (Å²) in [6, 6.07) is 0. The summed E-state index contributed by atoms with van der Waals surface area (Å²) in [5, 5.41) is 0. The zero-order valence-electron chi connectivity index (χ0n) is 9.08. The molecule has 2 saturated heterocycles. The first-order chi connectivity index (χ1) is 6.74. The van der Waals surface area contributed by atoms with E-state index >= 15 is 0 Å². The van der Waals surface area contributed by atoms with E-state index in [-0.39, 0.29) is 0 Å². The molecule has 2 aliphatic heterocycles. The molecule has 82 valence electrons. The quantitative estimate of drug-likeness (QED) is 0.699. The predicted molar refractivity (Wildman–Crippen MR) is 64.0 cm³/mol. The average molecular weight is 261 g/mol. The first-order valence-electron chi connectivity index (χ1n) is 5.79. The molecule has 2 atom stereocenters. The van der Waals surface area contributed by atoms with Crippen molar-refractivity contribution < 1.29 is 0 Å². The number of hydrogen-bond donors (Lipinski definition) is 0. The Morgan fingerprint density at radius 2 is 2.07 bits per heavy atom. The van der Waals surface area contributed by atoms with Crippen molar-refractivity contribution in [3.63, 3.8) is 0 Å². The zero-order valence-corrected chi connectivity index (χ0v) is 10.7. The highest BCUT2D eigenvalue weighted by Gasteiger charge is 2.24. The SMILES string of the molecule is CN1CCC(CN2CCCC(Br)C2)C1. The molecule has 2 unspecified atom stereocenters. The molecule has 2 nitrogen and oxygen atoms in total. The summed E-state index contributed by atoms with van der Waals surface area (Å²) in [6.45, 7) is 6.52. The fraction of sp³-hybridized carbons (Fsp3) is 1.00. The summed E-state index contributed by atoms with van der Waals surface area (Å²) in [5.41, 5.74) is 0. The van der Waals surface area contributed by atoms with E-state index in [1.165, 1.54) is 52.0 Å². The molecular formula is C11H21BrN2. The average Bonchev–Trinajstić information content (AvgIpc) is 2.51. The van der Waals surface area contributed by atoms with Gasteiger partial charge in [-0.25, -0.2) is 0 Å². The summed E-state index contributed by atoms with van der Waals surface area (Å²) in [4.78, 5) is 5.85. The molecule has 0 spiro atoms. The Bertz CT molecular complexity index is 186. The molecular weight excluding hydrogens is 240 g/mol. The van der Waals surface area contributed by atoms with Gasteiger partial charge in [0.15, 0.2) is 0 Å². The first-order valence-corrected chi connectivity index (χ1v) is 6.70. The monoisotopic (exact) mass is 260 g/mol. The Labute approximate surface area is 95.8 Å². The van der Waals surface area contributed by atoms with Crippen molar-refractivity contribution in [3.05, 3.63) is 0 Å². The van der Waals surface area contributed by atoms with Gasteiger partial charge >= 0.3 is 0 Å². The summed E-state index contributed by atoms with van der Waals surface area (Å²) in [6.07, 6.45) is 4.14. The first kappa shape index (κ1) is 10.9. The number of halogens is 1. The maximum Gasteiger partial charge on any atom is 0.0273 e. The Balaban J connectivity index is 1.74. The molecule has 2 heterocycles. The van der Waals surface area contributed by atoms with Crippen LogP contribution in [0.1, 0.15) is 19.3 Å². The lowest BCUT2D eigenvalue weighted by molar-refractivity contribution is 0.201. The molecule has 0 N–H and O–H groups in total. The van der Waals surface area contributed by atoms with Gasteiger partial charge < -0.3 is 9.80 Å². The van der Waals surface area contributed by atoms with Crippen molar-refractivity contribution >= 4 is 15.9 Å². The van der Waals surface area contributed by atoms with Crippen molar-refractivity contribution in [1.82, 2.24) is 9.80 Å². The molecule has 0 aromatic carbocycles. The van der Waals surface area contributed by atoms with Crippen LogP contribution in [0.5, 0.6) is 0 Å². The molecule has 0 saturated carbocycles. The third-order valence-corrected chi connectivity index (χ3v) is 4.20. The normalized spacial score (nSPS) is 36.4. The lowest BCUT2D eigenvalue weighted by Crippen LogP contribution is -2.39. The minimum Gasteiger partial charge on any atom is -0.306 e. The van der Waals surface area contributed by atoms with Gasteiger partial charge in [0.05, 0.1) is 0 Å². The van der Waals surface area contributed by atoms with Crippen LogP contribution in [0.25, 0.3) is 0 Å². The van der Waals surface area contributed by atoms with Gasteiger partial charge in [-0.1, -0.05) is 15.9 Å². The Morgan fingerprint density at radius 3 is 2.71 bits per heavy atom. The highest BCUT2D eigenvalue weighted by molar-refractivity contribution is 9.09. The van der Waals surface area contributed by atoms with Crippen molar-refractivity contribution in [2.75, 3.05) is 39.8 Å². The van der Waals surface area contributed by atoms with Gasteiger partial charge in [0.1, 0.15) is 0 Å². The summed E-state index contributed by atoms with van der Waals surface area (Å²) < 4.78 is 0. The van der Waals surface area contributed by atoms with Crippen molar-refractivity contribution in [3.8, 4) is 0 Å². The van der Waals surface area contributed by atoms with Crippen molar-refractivity contribution in [1.29, 1.82) is 0 Å². The second-order valence-electron chi connectivity index (χ2n) is 4.92. The maximum atomic E-state index is 3.74.